The lowest BCUT2D eigenvalue weighted by molar-refractivity contribution is -0.152. The van der Waals surface area contributed by atoms with Crippen molar-refractivity contribution in [3.05, 3.63) is 30.1 Å². The molecule has 0 aliphatic carbocycles. The molecule has 2 atom stereocenters. The van der Waals surface area contributed by atoms with Gasteiger partial charge in [-0.25, -0.2) is 4.39 Å². The van der Waals surface area contributed by atoms with E-state index in [1.165, 1.54) is 5.56 Å². The van der Waals surface area contributed by atoms with Gasteiger partial charge in [-0.15, -0.1) is 0 Å². The molecule has 3 saturated heterocycles. The number of piperidine rings is 2. The summed E-state index contributed by atoms with van der Waals surface area (Å²) in [6.45, 7) is 4.23. The van der Waals surface area contributed by atoms with Crippen LogP contribution in [0, 0.1) is 5.41 Å². The Morgan fingerprint density at radius 3 is 2.76 bits per heavy atom. The van der Waals surface area contributed by atoms with E-state index in [2.05, 4.69) is 9.88 Å². The van der Waals surface area contributed by atoms with Gasteiger partial charge in [-0.1, -0.05) is 0 Å². The summed E-state index contributed by atoms with van der Waals surface area (Å²) in [5.74, 6) is 0.182. The Balaban J connectivity index is 1.49. The number of alkyl halides is 1. The summed E-state index contributed by atoms with van der Waals surface area (Å²) in [4.78, 5) is 21.7. The lowest BCUT2D eigenvalue weighted by Crippen LogP contribution is -2.58. The number of nitrogens with zero attached hydrogens (tertiary/aromatic N) is 3. The molecule has 3 aliphatic rings. The molecule has 3 fully saturated rings. The summed E-state index contributed by atoms with van der Waals surface area (Å²) >= 11 is 0. The van der Waals surface area contributed by atoms with E-state index in [-0.39, 0.29) is 12.0 Å². The van der Waals surface area contributed by atoms with Crippen LogP contribution in [0.1, 0.15) is 31.2 Å². The standard InChI is InChI=1S/C19H26FN3O2/c20-16-3-10-23(11-4-16)18(24)19-6-12-25-17(19)5-9-22(14-19)13-15-1-7-21-8-2-15/h1-2,7-8,16-17H,3-6,9-14H2/t17-,19-/m1/s1. The van der Waals surface area contributed by atoms with Gasteiger partial charge in [-0.2, -0.15) is 0 Å². The number of aromatic nitrogens is 1. The molecule has 0 aromatic carbocycles. The first-order valence-electron chi connectivity index (χ1n) is 9.34. The molecule has 136 valence electrons. The quantitative estimate of drug-likeness (QED) is 0.839. The highest BCUT2D eigenvalue weighted by Gasteiger charge is 2.54. The van der Waals surface area contributed by atoms with E-state index in [1.807, 2.05) is 29.4 Å². The number of pyridine rings is 1. The average molecular weight is 347 g/mol. The fraction of sp³-hybridized carbons (Fsp3) is 0.684. The lowest BCUT2D eigenvalue weighted by atomic mass is 9.75. The number of halogens is 1. The van der Waals surface area contributed by atoms with Gasteiger partial charge in [0.05, 0.1) is 11.5 Å². The van der Waals surface area contributed by atoms with E-state index in [9.17, 15) is 9.18 Å². The Hall–Kier alpha value is -1.53. The molecule has 4 rings (SSSR count). The minimum Gasteiger partial charge on any atom is -0.377 e. The van der Waals surface area contributed by atoms with Crippen molar-refractivity contribution in [1.29, 1.82) is 0 Å². The van der Waals surface area contributed by atoms with Gasteiger partial charge in [-0.05, 0) is 43.4 Å². The monoisotopic (exact) mass is 347 g/mol. The Kier molecular flexibility index (Phi) is 4.73. The fourth-order valence-corrected chi connectivity index (χ4v) is 4.58. The molecule has 0 bridgehead atoms. The highest BCUT2D eigenvalue weighted by molar-refractivity contribution is 5.84. The third-order valence-corrected chi connectivity index (χ3v) is 5.99. The summed E-state index contributed by atoms with van der Waals surface area (Å²) in [5.41, 5.74) is 0.766. The Bertz CT molecular complexity index is 606. The minimum absolute atomic E-state index is 0.0109. The molecule has 0 spiro atoms. The Morgan fingerprint density at radius 1 is 1.24 bits per heavy atom. The highest BCUT2D eigenvalue weighted by atomic mass is 19.1. The van der Waals surface area contributed by atoms with Gasteiger partial charge < -0.3 is 9.64 Å². The van der Waals surface area contributed by atoms with Crippen molar-refractivity contribution < 1.29 is 13.9 Å². The molecular weight excluding hydrogens is 321 g/mol. The molecule has 4 heterocycles. The number of amides is 1. The Labute approximate surface area is 148 Å². The zero-order chi connectivity index (χ0) is 17.3. The molecule has 0 radical (unpaired) electrons. The van der Waals surface area contributed by atoms with Crippen molar-refractivity contribution in [3.8, 4) is 0 Å². The number of rotatable bonds is 3. The van der Waals surface area contributed by atoms with Gasteiger partial charge in [0.2, 0.25) is 5.91 Å². The third-order valence-electron chi connectivity index (χ3n) is 5.99. The average Bonchev–Trinajstić information content (AvgIpc) is 3.07. The van der Waals surface area contributed by atoms with Crippen molar-refractivity contribution in [3.63, 3.8) is 0 Å². The number of carbonyl (C=O) groups is 1. The first kappa shape index (κ1) is 16.9. The summed E-state index contributed by atoms with van der Waals surface area (Å²) in [6.07, 6.45) is 5.46. The van der Waals surface area contributed by atoms with E-state index in [0.717, 1.165) is 32.5 Å². The van der Waals surface area contributed by atoms with E-state index >= 15 is 0 Å². The second-order valence-electron chi connectivity index (χ2n) is 7.59. The Morgan fingerprint density at radius 2 is 2.00 bits per heavy atom. The molecule has 0 unspecified atom stereocenters. The maximum absolute atomic E-state index is 13.5. The van der Waals surface area contributed by atoms with Gasteiger partial charge in [0, 0.05) is 51.7 Å². The molecule has 6 heteroatoms. The van der Waals surface area contributed by atoms with Crippen molar-refractivity contribution >= 4 is 5.91 Å². The molecule has 1 amide bonds. The van der Waals surface area contributed by atoms with E-state index in [4.69, 9.17) is 4.74 Å². The van der Waals surface area contributed by atoms with Crippen molar-refractivity contribution in [2.45, 2.75) is 44.5 Å². The molecule has 3 aliphatic heterocycles. The zero-order valence-corrected chi connectivity index (χ0v) is 14.6. The van der Waals surface area contributed by atoms with Gasteiger partial charge in [0.25, 0.3) is 0 Å². The van der Waals surface area contributed by atoms with Crippen molar-refractivity contribution in [1.82, 2.24) is 14.8 Å². The molecule has 0 saturated carbocycles. The normalized spacial score (nSPS) is 31.1. The number of hydrogen-bond donors (Lipinski definition) is 0. The first-order valence-corrected chi connectivity index (χ1v) is 9.34. The summed E-state index contributed by atoms with van der Waals surface area (Å²) < 4.78 is 19.4. The highest BCUT2D eigenvalue weighted by Crippen LogP contribution is 2.43. The van der Waals surface area contributed by atoms with Crippen LogP contribution in [0.15, 0.2) is 24.5 Å². The second kappa shape index (κ2) is 7.00. The molecule has 0 N–H and O–H groups in total. The summed E-state index contributed by atoms with van der Waals surface area (Å²) in [6, 6.07) is 4.05. The van der Waals surface area contributed by atoms with Crippen LogP contribution in [0.2, 0.25) is 0 Å². The van der Waals surface area contributed by atoms with Crippen LogP contribution in [-0.2, 0) is 16.1 Å². The minimum atomic E-state index is -0.758. The van der Waals surface area contributed by atoms with E-state index in [0.29, 0.717) is 32.5 Å². The van der Waals surface area contributed by atoms with Gasteiger partial charge in [0.1, 0.15) is 6.17 Å². The molecule has 1 aromatic rings. The summed E-state index contributed by atoms with van der Waals surface area (Å²) in [7, 11) is 0. The van der Waals surface area contributed by atoms with Gasteiger partial charge >= 0.3 is 0 Å². The van der Waals surface area contributed by atoms with Crippen LogP contribution in [0.3, 0.4) is 0 Å². The number of hydrogen-bond acceptors (Lipinski definition) is 4. The zero-order valence-electron chi connectivity index (χ0n) is 14.6. The van der Waals surface area contributed by atoms with Crippen molar-refractivity contribution in [2.24, 2.45) is 5.41 Å². The van der Waals surface area contributed by atoms with Crippen molar-refractivity contribution in [2.75, 3.05) is 32.8 Å². The number of carbonyl (C=O) groups excluding carboxylic acids is 1. The smallest absolute Gasteiger partial charge is 0.232 e. The van der Waals surface area contributed by atoms with Gasteiger partial charge in [-0.3, -0.25) is 14.7 Å². The molecule has 1 aromatic heterocycles. The fourth-order valence-electron chi connectivity index (χ4n) is 4.58. The maximum Gasteiger partial charge on any atom is 0.232 e. The molecule has 5 nitrogen and oxygen atoms in total. The van der Waals surface area contributed by atoms with E-state index in [1.54, 1.807) is 0 Å². The van der Waals surface area contributed by atoms with Crippen LogP contribution in [0.25, 0.3) is 0 Å². The predicted octanol–water partition coefficient (Wildman–Crippen LogP) is 2.02. The van der Waals surface area contributed by atoms with E-state index < -0.39 is 11.6 Å². The summed E-state index contributed by atoms with van der Waals surface area (Å²) in [5, 5.41) is 0. The van der Waals surface area contributed by atoms with Crippen LogP contribution in [0.4, 0.5) is 4.39 Å². The predicted molar refractivity (Wildman–Crippen MR) is 91.6 cm³/mol. The van der Waals surface area contributed by atoms with Crippen LogP contribution < -0.4 is 0 Å². The maximum atomic E-state index is 13.5. The SMILES string of the molecule is O=C(N1CCC(F)CC1)[C@@]12CCO[C@@H]1CCN(Cc1ccncc1)C2. The number of ether oxygens (including phenoxy) is 1. The number of likely N-dealkylation sites (tertiary alicyclic amines) is 2. The number of fused-ring (bicyclic) bond motifs is 1. The third kappa shape index (κ3) is 3.29. The van der Waals surface area contributed by atoms with Gasteiger partial charge in [0.15, 0.2) is 0 Å². The van der Waals surface area contributed by atoms with Crippen LogP contribution >= 0.6 is 0 Å². The molecule has 25 heavy (non-hydrogen) atoms. The van der Waals surface area contributed by atoms with Crippen LogP contribution in [-0.4, -0.2) is 65.8 Å². The largest absolute Gasteiger partial charge is 0.377 e. The second-order valence-corrected chi connectivity index (χ2v) is 7.59. The van der Waals surface area contributed by atoms with Crippen LogP contribution in [0.5, 0.6) is 0 Å². The molecular formula is C19H26FN3O2. The first-order chi connectivity index (χ1) is 12.2. The topological polar surface area (TPSA) is 45.7 Å². The lowest BCUT2D eigenvalue weighted by Gasteiger charge is -2.45.